The number of nitro benzene ring substituents is 1. The largest absolute Gasteiger partial charge is 0.355 e. The van der Waals surface area contributed by atoms with Gasteiger partial charge in [-0.2, -0.15) is 0 Å². The van der Waals surface area contributed by atoms with Crippen molar-refractivity contribution in [1.82, 2.24) is 5.32 Å². The lowest BCUT2D eigenvalue weighted by Crippen LogP contribution is -2.19. The average Bonchev–Trinajstić information content (AvgIpc) is 3.00. The zero-order valence-corrected chi connectivity index (χ0v) is 12.9. The van der Waals surface area contributed by atoms with E-state index >= 15 is 0 Å². The van der Waals surface area contributed by atoms with Crippen LogP contribution in [0.5, 0.6) is 0 Å². The van der Waals surface area contributed by atoms with Crippen molar-refractivity contribution in [3.05, 3.63) is 63.0 Å². The minimum absolute atomic E-state index is 0.0135. The minimum atomic E-state index is -0.489. The Morgan fingerprint density at radius 2 is 1.91 bits per heavy atom. The molecule has 0 saturated carbocycles. The summed E-state index contributed by atoms with van der Waals surface area (Å²) in [5, 5.41) is 17.9. The van der Waals surface area contributed by atoms with Crippen LogP contribution >= 0.6 is 11.3 Å². The van der Waals surface area contributed by atoms with Gasteiger partial charge < -0.3 is 10.6 Å². The summed E-state index contributed by atoms with van der Waals surface area (Å²) < 4.78 is 0. The van der Waals surface area contributed by atoms with Gasteiger partial charge in [-0.15, -0.1) is 11.3 Å². The number of rotatable bonds is 5. The lowest BCUT2D eigenvalue weighted by Gasteiger charge is -2.02. The molecule has 2 amide bonds. The summed E-state index contributed by atoms with van der Waals surface area (Å²) in [7, 11) is 1.51. The van der Waals surface area contributed by atoms with Gasteiger partial charge in [0.1, 0.15) is 5.00 Å². The highest BCUT2D eigenvalue weighted by atomic mass is 32.1. The standard InChI is InChI=1S/C15H13N3O4S/c1-16-14(20)12-8-9-23-15(12)17-13(19)7-4-10-2-5-11(6-3-10)18(21)22/h2-9H,1H3,(H,16,20)(H,17,19)/b7-4+. The number of hydrogen-bond acceptors (Lipinski definition) is 5. The van der Waals surface area contributed by atoms with Crippen molar-refractivity contribution in [3.63, 3.8) is 0 Å². The Morgan fingerprint density at radius 3 is 2.52 bits per heavy atom. The lowest BCUT2D eigenvalue weighted by molar-refractivity contribution is -0.384. The molecule has 0 bridgehead atoms. The first-order chi connectivity index (χ1) is 11.0. The van der Waals surface area contributed by atoms with Crippen molar-refractivity contribution in [2.24, 2.45) is 0 Å². The highest BCUT2D eigenvalue weighted by molar-refractivity contribution is 7.14. The van der Waals surface area contributed by atoms with Gasteiger partial charge >= 0.3 is 0 Å². The van der Waals surface area contributed by atoms with Crippen LogP contribution in [0.2, 0.25) is 0 Å². The molecule has 0 spiro atoms. The number of anilines is 1. The van der Waals surface area contributed by atoms with E-state index in [0.717, 1.165) is 0 Å². The zero-order chi connectivity index (χ0) is 16.8. The molecule has 8 heteroatoms. The highest BCUT2D eigenvalue weighted by Gasteiger charge is 2.12. The third-order valence-corrected chi connectivity index (χ3v) is 3.73. The molecule has 0 aliphatic heterocycles. The van der Waals surface area contributed by atoms with E-state index in [1.54, 1.807) is 23.6 Å². The summed E-state index contributed by atoms with van der Waals surface area (Å²) in [4.78, 5) is 33.6. The molecule has 1 aromatic carbocycles. The summed E-state index contributed by atoms with van der Waals surface area (Å²) in [6.07, 6.45) is 2.83. The van der Waals surface area contributed by atoms with Crippen LogP contribution in [0, 0.1) is 10.1 Å². The van der Waals surface area contributed by atoms with Crippen molar-refractivity contribution >= 4 is 39.9 Å². The summed E-state index contributed by atoms with van der Waals surface area (Å²) in [5.41, 5.74) is 1.04. The molecular formula is C15H13N3O4S. The fourth-order valence-electron chi connectivity index (χ4n) is 1.75. The number of nitrogens with one attached hydrogen (secondary N) is 2. The van der Waals surface area contributed by atoms with Crippen molar-refractivity contribution in [3.8, 4) is 0 Å². The van der Waals surface area contributed by atoms with E-state index in [1.165, 1.54) is 42.7 Å². The van der Waals surface area contributed by atoms with E-state index in [9.17, 15) is 19.7 Å². The van der Waals surface area contributed by atoms with Gasteiger partial charge in [-0.3, -0.25) is 19.7 Å². The molecule has 1 aromatic heterocycles. The Kier molecular flexibility index (Phi) is 5.21. The van der Waals surface area contributed by atoms with E-state index in [0.29, 0.717) is 16.1 Å². The Bertz CT molecular complexity index is 765. The first-order valence-electron chi connectivity index (χ1n) is 6.54. The monoisotopic (exact) mass is 331 g/mol. The second-order valence-electron chi connectivity index (χ2n) is 4.41. The number of carbonyl (C=O) groups excluding carboxylic acids is 2. The van der Waals surface area contributed by atoms with Gasteiger partial charge in [0.2, 0.25) is 5.91 Å². The molecule has 2 rings (SSSR count). The fourth-order valence-corrected chi connectivity index (χ4v) is 2.54. The zero-order valence-electron chi connectivity index (χ0n) is 12.1. The molecule has 23 heavy (non-hydrogen) atoms. The van der Waals surface area contributed by atoms with Crippen LogP contribution in [-0.2, 0) is 4.79 Å². The Labute approximate surface area is 135 Å². The van der Waals surface area contributed by atoms with E-state index in [1.807, 2.05) is 0 Å². The molecule has 1 heterocycles. The second kappa shape index (κ2) is 7.32. The maximum atomic E-state index is 11.9. The number of thiophene rings is 1. The lowest BCUT2D eigenvalue weighted by atomic mass is 10.2. The predicted octanol–water partition coefficient (Wildman–Crippen LogP) is 2.67. The molecule has 0 fully saturated rings. The molecule has 0 aliphatic rings. The van der Waals surface area contributed by atoms with Gasteiger partial charge in [-0.25, -0.2) is 0 Å². The number of benzene rings is 1. The number of non-ortho nitro benzene ring substituents is 1. The smallest absolute Gasteiger partial charge is 0.269 e. The summed E-state index contributed by atoms with van der Waals surface area (Å²) in [5.74, 6) is -0.670. The van der Waals surface area contributed by atoms with E-state index < -0.39 is 10.8 Å². The Hall–Kier alpha value is -3.00. The van der Waals surface area contributed by atoms with Crippen LogP contribution in [-0.4, -0.2) is 23.8 Å². The second-order valence-corrected chi connectivity index (χ2v) is 5.33. The molecule has 0 aliphatic carbocycles. The van der Waals surface area contributed by atoms with Crippen molar-refractivity contribution < 1.29 is 14.5 Å². The SMILES string of the molecule is CNC(=O)c1ccsc1NC(=O)/C=C/c1ccc([N+](=O)[O-])cc1. The third kappa shape index (κ3) is 4.24. The molecule has 7 nitrogen and oxygen atoms in total. The fraction of sp³-hybridized carbons (Fsp3) is 0.0667. The number of nitro groups is 1. The molecule has 2 aromatic rings. The van der Waals surface area contributed by atoms with Crippen LogP contribution in [0.4, 0.5) is 10.7 Å². The van der Waals surface area contributed by atoms with Gasteiger partial charge in [0.25, 0.3) is 11.6 Å². The number of amides is 2. The van der Waals surface area contributed by atoms with Crippen molar-refractivity contribution in [2.45, 2.75) is 0 Å². The first-order valence-corrected chi connectivity index (χ1v) is 7.42. The predicted molar refractivity (Wildman–Crippen MR) is 88.5 cm³/mol. The Balaban J connectivity index is 2.03. The van der Waals surface area contributed by atoms with Gasteiger partial charge in [0.05, 0.1) is 10.5 Å². The maximum absolute atomic E-state index is 11.9. The van der Waals surface area contributed by atoms with E-state index in [4.69, 9.17) is 0 Å². The molecule has 0 saturated heterocycles. The van der Waals surface area contributed by atoms with E-state index in [-0.39, 0.29) is 11.6 Å². The molecule has 0 radical (unpaired) electrons. The highest BCUT2D eigenvalue weighted by Crippen LogP contribution is 2.23. The molecule has 118 valence electrons. The molecule has 0 atom stereocenters. The third-order valence-electron chi connectivity index (χ3n) is 2.90. The van der Waals surface area contributed by atoms with Crippen LogP contribution < -0.4 is 10.6 Å². The molecular weight excluding hydrogens is 318 g/mol. The first kappa shape index (κ1) is 16.4. The average molecular weight is 331 g/mol. The van der Waals surface area contributed by atoms with Crippen LogP contribution in [0.1, 0.15) is 15.9 Å². The van der Waals surface area contributed by atoms with Gasteiger partial charge in [-0.05, 0) is 35.2 Å². The summed E-state index contributed by atoms with van der Waals surface area (Å²) >= 11 is 1.25. The van der Waals surface area contributed by atoms with Gasteiger partial charge in [0, 0.05) is 25.3 Å². The molecule has 0 unspecified atom stereocenters. The van der Waals surface area contributed by atoms with Gasteiger partial charge in [0.15, 0.2) is 0 Å². The normalized spacial score (nSPS) is 10.5. The van der Waals surface area contributed by atoms with Crippen molar-refractivity contribution in [2.75, 3.05) is 12.4 Å². The minimum Gasteiger partial charge on any atom is -0.355 e. The van der Waals surface area contributed by atoms with E-state index in [2.05, 4.69) is 10.6 Å². The van der Waals surface area contributed by atoms with Crippen LogP contribution in [0.25, 0.3) is 6.08 Å². The maximum Gasteiger partial charge on any atom is 0.269 e. The Morgan fingerprint density at radius 1 is 1.22 bits per heavy atom. The molecule has 2 N–H and O–H groups in total. The van der Waals surface area contributed by atoms with Gasteiger partial charge in [-0.1, -0.05) is 0 Å². The van der Waals surface area contributed by atoms with Crippen LogP contribution in [0.3, 0.4) is 0 Å². The quantitative estimate of drug-likeness (QED) is 0.499. The number of nitrogens with zero attached hydrogens (tertiary/aromatic N) is 1. The van der Waals surface area contributed by atoms with Crippen LogP contribution in [0.15, 0.2) is 41.8 Å². The van der Waals surface area contributed by atoms with Crippen molar-refractivity contribution in [1.29, 1.82) is 0 Å². The summed E-state index contributed by atoms with van der Waals surface area (Å²) in [6, 6.07) is 7.44. The number of hydrogen-bond donors (Lipinski definition) is 2. The summed E-state index contributed by atoms with van der Waals surface area (Å²) in [6.45, 7) is 0. The topological polar surface area (TPSA) is 101 Å². The number of carbonyl (C=O) groups is 2.